The van der Waals surface area contributed by atoms with Crippen molar-refractivity contribution in [3.05, 3.63) is 24.3 Å². The Bertz CT molecular complexity index is 279. The maximum atomic E-state index is 9.87. The molecule has 0 spiro atoms. The van der Waals surface area contributed by atoms with E-state index >= 15 is 0 Å². The van der Waals surface area contributed by atoms with Crippen LogP contribution in [0.3, 0.4) is 0 Å². The molecule has 86 valence electrons. The molecule has 1 aromatic carbocycles. The Morgan fingerprint density at radius 3 is 1.07 bits per heavy atom. The summed E-state index contributed by atoms with van der Waals surface area (Å²) in [6, 6.07) is 7.75. The number of rotatable bonds is 2. The quantitative estimate of drug-likeness (QED) is 0.668. The van der Waals surface area contributed by atoms with Gasteiger partial charge < -0.3 is 15.7 Å². The second-order valence-electron chi connectivity index (χ2n) is 4.70. The first kappa shape index (κ1) is 14.5. The average molecular weight is 243 g/mol. The van der Waals surface area contributed by atoms with Crippen LogP contribution in [0.15, 0.2) is 24.3 Å². The molecule has 0 aliphatic rings. The summed E-state index contributed by atoms with van der Waals surface area (Å²) in [6.07, 6.45) is 0. The van der Waals surface area contributed by atoms with Gasteiger partial charge in [0.15, 0.2) is 0 Å². The van der Waals surface area contributed by atoms with E-state index in [4.69, 9.17) is 0 Å². The Morgan fingerprint density at radius 2 is 0.933 bits per heavy atom. The lowest BCUT2D eigenvalue weighted by Gasteiger charge is -2.18. The summed E-state index contributed by atoms with van der Waals surface area (Å²) in [4.78, 5) is 19.7. The zero-order valence-electron chi connectivity index (χ0n) is 9.91. The van der Waals surface area contributed by atoms with Crippen molar-refractivity contribution >= 4 is 27.0 Å². The van der Waals surface area contributed by atoms with Gasteiger partial charge in [-0.05, 0) is 36.6 Å². The van der Waals surface area contributed by atoms with Crippen molar-refractivity contribution in [2.75, 3.05) is 0 Å². The van der Waals surface area contributed by atoms with Gasteiger partial charge in [-0.15, -0.1) is 0 Å². The van der Waals surface area contributed by atoms with Crippen LogP contribution < -0.4 is 16.5 Å². The molecule has 0 radical (unpaired) electrons. The van der Waals surface area contributed by atoms with Crippen molar-refractivity contribution in [3.8, 4) is 0 Å². The summed E-state index contributed by atoms with van der Waals surface area (Å²) in [5.41, 5.74) is 0. The van der Waals surface area contributed by atoms with Gasteiger partial charge in [-0.3, -0.25) is 0 Å². The zero-order chi connectivity index (χ0) is 11.0. The van der Waals surface area contributed by atoms with E-state index in [2.05, 4.69) is 0 Å². The molecule has 0 saturated carbocycles. The van der Waals surface area contributed by atoms with E-state index in [-0.39, 0.29) is 6.15 Å². The van der Waals surface area contributed by atoms with E-state index in [1.165, 1.54) is 0 Å². The first-order valence-corrected chi connectivity index (χ1v) is 10.7. The van der Waals surface area contributed by atoms with Crippen LogP contribution in [0, 0.1) is 0 Å². The van der Waals surface area contributed by atoms with Crippen LogP contribution in [0.4, 0.5) is 0 Å². The van der Waals surface area contributed by atoms with E-state index in [0.29, 0.717) is 0 Å². The van der Waals surface area contributed by atoms with Crippen molar-refractivity contribution in [3.63, 3.8) is 0 Å². The highest BCUT2D eigenvalue weighted by molar-refractivity contribution is 6.84. The smallest absolute Gasteiger partial charge is 0.213 e. The van der Waals surface area contributed by atoms with Gasteiger partial charge in [-0.1, -0.05) is 24.3 Å². The molecule has 0 aliphatic heterocycles. The third-order valence-electron chi connectivity index (χ3n) is 2.30. The zero-order valence-corrected chi connectivity index (χ0v) is 11.9. The van der Waals surface area contributed by atoms with Crippen molar-refractivity contribution in [1.82, 2.24) is 6.15 Å². The van der Waals surface area contributed by atoms with Crippen LogP contribution in [-0.2, 0) is 0 Å². The van der Waals surface area contributed by atoms with Crippen molar-refractivity contribution in [1.29, 1.82) is 0 Å². The summed E-state index contributed by atoms with van der Waals surface area (Å²) in [5, 5.41) is 2.03. The van der Waals surface area contributed by atoms with Gasteiger partial charge in [0, 0.05) is 0 Å². The first-order chi connectivity index (χ1) is 6.21. The van der Waals surface area contributed by atoms with Gasteiger partial charge >= 0.3 is 0 Å². The molecule has 0 amide bonds. The van der Waals surface area contributed by atoms with E-state index in [1.54, 1.807) is 0 Å². The van der Waals surface area contributed by atoms with Crippen LogP contribution in [0.1, 0.15) is 0 Å². The molecular weight excluding hydrogens is 222 g/mol. The molecule has 15 heavy (non-hydrogen) atoms. The number of hydrogen-bond donors (Lipinski definition) is 3. The molecule has 0 fully saturated rings. The normalized spacial score (nSPS) is 12.1. The maximum Gasteiger partial charge on any atom is 0.213 e. The molecule has 0 aromatic heterocycles. The molecule has 0 unspecified atom stereocenters. The molecule has 3 nitrogen and oxygen atoms in total. The summed E-state index contributed by atoms with van der Waals surface area (Å²) in [7, 11) is -4.36. The minimum atomic E-state index is -2.18. The third kappa shape index (κ3) is 3.88. The molecule has 0 saturated heterocycles. The van der Waals surface area contributed by atoms with Gasteiger partial charge in [-0.2, -0.15) is 0 Å². The van der Waals surface area contributed by atoms with Gasteiger partial charge in [0.05, 0.1) is 0 Å². The van der Waals surface area contributed by atoms with E-state index < -0.39 is 16.6 Å². The molecule has 5 heteroatoms. The van der Waals surface area contributed by atoms with E-state index in [9.17, 15) is 9.59 Å². The summed E-state index contributed by atoms with van der Waals surface area (Å²) < 4.78 is 0. The highest BCUT2D eigenvalue weighted by atomic mass is 28.4. The average Bonchev–Trinajstić information content (AvgIpc) is 2.01. The second kappa shape index (κ2) is 4.59. The first-order valence-electron chi connectivity index (χ1n) is 4.77. The van der Waals surface area contributed by atoms with Gasteiger partial charge in [0.1, 0.15) is 0 Å². The molecule has 0 atom stereocenters. The highest BCUT2D eigenvalue weighted by Gasteiger charge is 2.23. The fraction of sp³-hybridized carbons (Fsp3) is 0.400. The van der Waals surface area contributed by atoms with Crippen LogP contribution in [0.2, 0.25) is 26.2 Å². The van der Waals surface area contributed by atoms with Gasteiger partial charge in [0.25, 0.3) is 0 Å². The predicted molar refractivity (Wildman–Crippen MR) is 70.1 cm³/mol. The maximum absolute atomic E-state index is 9.87. The monoisotopic (exact) mass is 243 g/mol. The lowest BCUT2D eigenvalue weighted by molar-refractivity contribution is 0.566. The Hall–Kier alpha value is -0.466. The van der Waals surface area contributed by atoms with Gasteiger partial charge in [-0.25, -0.2) is 0 Å². The van der Waals surface area contributed by atoms with Crippen LogP contribution >= 0.6 is 0 Å². The van der Waals surface area contributed by atoms with E-state index in [1.807, 2.05) is 50.5 Å². The number of benzene rings is 1. The molecule has 0 aliphatic carbocycles. The minimum Gasteiger partial charge on any atom is -0.428 e. The summed E-state index contributed by atoms with van der Waals surface area (Å²) in [5.74, 6) is 0. The fourth-order valence-electron chi connectivity index (χ4n) is 1.29. The van der Waals surface area contributed by atoms with Crippen LogP contribution in [-0.4, -0.2) is 26.2 Å². The Balaban J connectivity index is 0.00000196. The lowest BCUT2D eigenvalue weighted by atomic mass is 10.4. The summed E-state index contributed by atoms with van der Waals surface area (Å²) >= 11 is 0. The number of hydrogen-bond acceptors (Lipinski definition) is 3. The van der Waals surface area contributed by atoms with Gasteiger partial charge in [0.2, 0.25) is 16.6 Å². The topological polar surface area (TPSA) is 75.5 Å². The largest absolute Gasteiger partial charge is 0.428 e. The minimum absolute atomic E-state index is 0. The molecule has 1 aromatic rings. The fourth-order valence-corrected chi connectivity index (χ4v) is 3.25. The van der Waals surface area contributed by atoms with Crippen LogP contribution in [0.5, 0.6) is 0 Å². The molecule has 0 heterocycles. The molecule has 1 rings (SSSR count). The van der Waals surface area contributed by atoms with E-state index in [0.717, 1.165) is 10.4 Å². The van der Waals surface area contributed by atoms with Crippen molar-refractivity contribution < 1.29 is 9.59 Å². The third-order valence-corrected chi connectivity index (χ3v) is 5.79. The van der Waals surface area contributed by atoms with Crippen LogP contribution in [0.25, 0.3) is 0 Å². The second-order valence-corrected chi connectivity index (χ2v) is 12.1. The molecular formula is C10H21NO2Si2. The SMILES string of the molecule is C[Si](C)(O)c1ccc([Si](C)(C)O)cc1.N. The molecule has 5 N–H and O–H groups in total. The standard InChI is InChI=1S/C10H18O2Si2.H3N/c1-13(2,11)9-5-7-10(8-6-9)14(3,4)12;/h5-8,11-12H,1-4H3;1H3. The summed E-state index contributed by atoms with van der Waals surface area (Å²) in [6.45, 7) is 7.57. The Labute approximate surface area is 93.6 Å². The van der Waals surface area contributed by atoms with Crippen molar-refractivity contribution in [2.24, 2.45) is 0 Å². The van der Waals surface area contributed by atoms with Crippen molar-refractivity contribution in [2.45, 2.75) is 26.2 Å². The Morgan fingerprint density at radius 1 is 0.733 bits per heavy atom. The molecule has 0 bridgehead atoms. The lowest BCUT2D eigenvalue weighted by Crippen LogP contribution is -2.45. The highest BCUT2D eigenvalue weighted by Crippen LogP contribution is 2.00. The Kier molecular flexibility index (Phi) is 4.44. The predicted octanol–water partition coefficient (Wildman–Crippen LogP) is 0.657.